The first-order valence-corrected chi connectivity index (χ1v) is 8.58. The molecule has 2 aromatic rings. The van der Waals surface area contributed by atoms with Crippen molar-refractivity contribution in [2.45, 2.75) is 45.1 Å². The lowest BCUT2D eigenvalue weighted by molar-refractivity contribution is 0.0912. The van der Waals surface area contributed by atoms with Crippen molar-refractivity contribution >= 4 is 5.91 Å². The Labute approximate surface area is 146 Å². The van der Waals surface area contributed by atoms with Crippen LogP contribution in [-0.4, -0.2) is 41.7 Å². The molecule has 0 atom stereocenters. The fraction of sp³-hybridized carbons (Fsp3) is 0.529. The van der Waals surface area contributed by atoms with Crippen molar-refractivity contribution in [1.29, 1.82) is 0 Å². The molecule has 1 amide bonds. The van der Waals surface area contributed by atoms with Crippen LogP contribution >= 0.6 is 0 Å². The van der Waals surface area contributed by atoms with Gasteiger partial charge in [-0.1, -0.05) is 13.3 Å². The topological polar surface area (TPSA) is 113 Å². The Morgan fingerprint density at radius 3 is 2.60 bits per heavy atom. The summed E-state index contributed by atoms with van der Waals surface area (Å²) in [6, 6.07) is 0.0587. The number of hydrogen-bond acceptors (Lipinski definition) is 6. The molecule has 0 aromatic carbocycles. The quantitative estimate of drug-likeness (QED) is 0.781. The molecule has 0 saturated heterocycles. The normalized spacial score (nSPS) is 20.4. The molecule has 2 heterocycles. The van der Waals surface area contributed by atoms with Crippen molar-refractivity contribution in [3.05, 3.63) is 18.1 Å². The summed E-state index contributed by atoms with van der Waals surface area (Å²) in [5, 5.41) is 22.8. The zero-order chi connectivity index (χ0) is 18.0. The van der Waals surface area contributed by atoms with E-state index in [9.17, 15) is 15.0 Å². The van der Waals surface area contributed by atoms with E-state index in [0.717, 1.165) is 38.0 Å². The van der Waals surface area contributed by atoms with Gasteiger partial charge in [0.05, 0.1) is 0 Å². The number of carbonyl (C=O) groups is 1. The predicted octanol–water partition coefficient (Wildman–Crippen LogP) is 1.99. The summed E-state index contributed by atoms with van der Waals surface area (Å²) in [5.74, 6) is -0.550. The van der Waals surface area contributed by atoms with Crippen molar-refractivity contribution in [3.63, 3.8) is 0 Å². The molecule has 134 valence electrons. The van der Waals surface area contributed by atoms with Crippen molar-refractivity contribution < 1.29 is 15.0 Å². The fourth-order valence-corrected chi connectivity index (χ4v) is 3.25. The van der Waals surface area contributed by atoms with Gasteiger partial charge >= 0.3 is 0 Å². The van der Waals surface area contributed by atoms with E-state index in [1.807, 2.05) is 0 Å². The molecular formula is C17H23N5O3. The van der Waals surface area contributed by atoms with Gasteiger partial charge in [0.2, 0.25) is 5.75 Å². The number of aromatic hydroxyl groups is 2. The Bertz CT molecular complexity index is 766. The third-order valence-electron chi connectivity index (χ3n) is 4.86. The molecule has 0 bridgehead atoms. The summed E-state index contributed by atoms with van der Waals surface area (Å²) >= 11 is 0. The first kappa shape index (κ1) is 17.2. The highest BCUT2D eigenvalue weighted by molar-refractivity contribution is 5.96. The van der Waals surface area contributed by atoms with E-state index in [0.29, 0.717) is 5.82 Å². The number of carbonyl (C=O) groups excluding carboxylic acids is 1. The average Bonchev–Trinajstić information content (AvgIpc) is 3.04. The van der Waals surface area contributed by atoms with Crippen LogP contribution in [0.1, 0.15) is 49.5 Å². The summed E-state index contributed by atoms with van der Waals surface area (Å²) in [4.78, 5) is 24.6. The zero-order valence-corrected chi connectivity index (χ0v) is 14.4. The first-order chi connectivity index (χ1) is 12.0. The SMILES string of the molecule is CCC1CCC(NC(=O)c2nc(-c3nccn3C)nc(O)c2O)CC1. The number of rotatable bonds is 4. The number of hydrogen-bond donors (Lipinski definition) is 3. The summed E-state index contributed by atoms with van der Waals surface area (Å²) < 4.78 is 1.67. The van der Waals surface area contributed by atoms with Gasteiger partial charge in [-0.3, -0.25) is 4.79 Å². The van der Waals surface area contributed by atoms with E-state index >= 15 is 0 Å². The predicted molar refractivity (Wildman–Crippen MR) is 91.1 cm³/mol. The lowest BCUT2D eigenvalue weighted by atomic mass is 9.84. The smallest absolute Gasteiger partial charge is 0.274 e. The van der Waals surface area contributed by atoms with Crippen molar-refractivity contribution in [1.82, 2.24) is 24.8 Å². The molecule has 0 spiro atoms. The molecule has 1 fully saturated rings. The van der Waals surface area contributed by atoms with Gasteiger partial charge in [0.1, 0.15) is 0 Å². The number of aromatic nitrogens is 4. The average molecular weight is 345 g/mol. The van der Waals surface area contributed by atoms with Gasteiger partial charge in [-0.2, -0.15) is 4.98 Å². The van der Waals surface area contributed by atoms with Gasteiger partial charge in [0.15, 0.2) is 17.3 Å². The molecule has 0 aliphatic heterocycles. The van der Waals surface area contributed by atoms with Crippen LogP contribution in [0.5, 0.6) is 11.6 Å². The largest absolute Gasteiger partial charge is 0.501 e. The summed E-state index contributed by atoms with van der Waals surface area (Å²) in [5.41, 5.74) is -0.233. The molecule has 2 aromatic heterocycles. The molecule has 25 heavy (non-hydrogen) atoms. The highest BCUT2D eigenvalue weighted by Crippen LogP contribution is 2.30. The molecule has 8 heteroatoms. The Balaban J connectivity index is 1.80. The lowest BCUT2D eigenvalue weighted by Gasteiger charge is -2.28. The Morgan fingerprint density at radius 2 is 2.00 bits per heavy atom. The second-order valence-corrected chi connectivity index (χ2v) is 6.53. The number of nitrogens with zero attached hydrogens (tertiary/aromatic N) is 4. The number of amides is 1. The maximum absolute atomic E-state index is 12.5. The molecule has 0 unspecified atom stereocenters. The van der Waals surface area contributed by atoms with E-state index in [-0.39, 0.29) is 17.6 Å². The van der Waals surface area contributed by atoms with Crippen LogP contribution in [0.2, 0.25) is 0 Å². The van der Waals surface area contributed by atoms with E-state index in [2.05, 4.69) is 27.2 Å². The Morgan fingerprint density at radius 1 is 1.28 bits per heavy atom. The maximum Gasteiger partial charge on any atom is 0.274 e. The molecule has 8 nitrogen and oxygen atoms in total. The molecular weight excluding hydrogens is 322 g/mol. The van der Waals surface area contributed by atoms with Gasteiger partial charge in [-0.25, -0.2) is 9.97 Å². The standard InChI is InChI=1S/C17H23N5O3/c1-3-10-4-6-11(7-5-10)19-16(24)12-13(23)17(25)21-14(20-12)15-18-8-9-22(15)2/h8-11,23H,3-7H2,1-2H3,(H,19,24)(H,20,21,25). The van der Waals surface area contributed by atoms with E-state index < -0.39 is 17.5 Å². The Hall–Kier alpha value is -2.64. The minimum absolute atomic E-state index is 0.0587. The molecule has 3 N–H and O–H groups in total. The number of aryl methyl sites for hydroxylation is 1. The van der Waals surface area contributed by atoms with Crippen LogP contribution in [-0.2, 0) is 7.05 Å². The van der Waals surface area contributed by atoms with Crippen LogP contribution in [0.25, 0.3) is 11.6 Å². The van der Waals surface area contributed by atoms with Crippen LogP contribution in [0.3, 0.4) is 0 Å². The number of imidazole rings is 1. The van der Waals surface area contributed by atoms with E-state index in [1.54, 1.807) is 24.0 Å². The molecule has 1 aliphatic rings. The Kier molecular flexibility index (Phi) is 4.87. The van der Waals surface area contributed by atoms with Crippen molar-refractivity contribution in [2.75, 3.05) is 0 Å². The van der Waals surface area contributed by atoms with Crippen LogP contribution in [0.15, 0.2) is 12.4 Å². The monoisotopic (exact) mass is 345 g/mol. The van der Waals surface area contributed by atoms with Crippen molar-refractivity contribution in [3.8, 4) is 23.3 Å². The third kappa shape index (κ3) is 3.57. The lowest BCUT2D eigenvalue weighted by Crippen LogP contribution is -2.38. The van der Waals surface area contributed by atoms with Gasteiger partial charge in [0.25, 0.3) is 11.8 Å². The highest BCUT2D eigenvalue weighted by Gasteiger charge is 2.26. The molecule has 1 aliphatic carbocycles. The second-order valence-electron chi connectivity index (χ2n) is 6.53. The van der Waals surface area contributed by atoms with Gasteiger partial charge in [0, 0.05) is 25.5 Å². The van der Waals surface area contributed by atoms with Crippen LogP contribution in [0, 0.1) is 5.92 Å². The molecule has 0 radical (unpaired) electrons. The summed E-state index contributed by atoms with van der Waals surface area (Å²) in [6.45, 7) is 2.18. The second kappa shape index (κ2) is 7.08. The van der Waals surface area contributed by atoms with Crippen LogP contribution < -0.4 is 5.32 Å². The summed E-state index contributed by atoms with van der Waals surface area (Å²) in [6.07, 6.45) is 8.42. The minimum Gasteiger partial charge on any atom is -0.501 e. The van der Waals surface area contributed by atoms with Crippen LogP contribution in [0.4, 0.5) is 0 Å². The third-order valence-corrected chi connectivity index (χ3v) is 4.86. The fourth-order valence-electron chi connectivity index (χ4n) is 3.25. The number of nitrogens with one attached hydrogen (secondary N) is 1. The minimum atomic E-state index is -0.632. The summed E-state index contributed by atoms with van der Waals surface area (Å²) in [7, 11) is 1.75. The molecule has 1 saturated carbocycles. The van der Waals surface area contributed by atoms with E-state index in [1.165, 1.54) is 0 Å². The highest BCUT2D eigenvalue weighted by atomic mass is 16.3. The van der Waals surface area contributed by atoms with E-state index in [4.69, 9.17) is 0 Å². The molecule has 3 rings (SSSR count). The van der Waals surface area contributed by atoms with Crippen molar-refractivity contribution in [2.24, 2.45) is 13.0 Å². The van der Waals surface area contributed by atoms with Gasteiger partial charge < -0.3 is 20.1 Å². The van der Waals surface area contributed by atoms with Gasteiger partial charge in [-0.05, 0) is 31.6 Å². The van der Waals surface area contributed by atoms with Gasteiger partial charge in [-0.15, -0.1) is 0 Å². The maximum atomic E-state index is 12.5. The zero-order valence-electron chi connectivity index (χ0n) is 14.4. The first-order valence-electron chi connectivity index (χ1n) is 8.58.